The number of esters is 1. The number of thioether (sulfide) groups is 1. The van der Waals surface area contributed by atoms with Crippen molar-refractivity contribution < 1.29 is 22.7 Å². The zero-order valence-corrected chi connectivity index (χ0v) is 11.7. The summed E-state index contributed by atoms with van der Waals surface area (Å²) in [7, 11) is 0. The van der Waals surface area contributed by atoms with Crippen molar-refractivity contribution in [2.24, 2.45) is 0 Å². The molecule has 0 amide bonds. The quantitative estimate of drug-likeness (QED) is 0.470. The Kier molecular flexibility index (Phi) is 5.52. The molecule has 0 aliphatic heterocycles. The molecule has 2 unspecified atom stereocenters. The van der Waals surface area contributed by atoms with E-state index in [0.717, 1.165) is 18.7 Å². The van der Waals surface area contributed by atoms with Gasteiger partial charge in [0.15, 0.2) is 0 Å². The Hall–Kier alpha value is -0.690. The molecule has 0 saturated heterocycles. The molecular weight excluding hydrogens is 333 g/mol. The van der Waals surface area contributed by atoms with Crippen molar-refractivity contribution in [3.05, 3.63) is 30.3 Å². The van der Waals surface area contributed by atoms with E-state index in [1.807, 2.05) is 0 Å². The Morgan fingerprint density at radius 2 is 1.89 bits per heavy atom. The van der Waals surface area contributed by atoms with Gasteiger partial charge in [0.25, 0.3) is 0 Å². The van der Waals surface area contributed by atoms with Crippen LogP contribution < -0.4 is 0 Å². The minimum atomic E-state index is -4.61. The Morgan fingerprint density at radius 1 is 1.33 bits per heavy atom. The normalized spacial score (nSPS) is 14.9. The van der Waals surface area contributed by atoms with Crippen LogP contribution in [-0.4, -0.2) is 22.4 Å². The SMILES string of the molecule is CC(=O)OC(C(Br)Sc1ccccc1)C(F)(F)F. The molecule has 0 aliphatic rings. The van der Waals surface area contributed by atoms with Crippen molar-refractivity contribution >= 4 is 33.7 Å². The average Bonchev–Trinajstić information content (AvgIpc) is 2.25. The van der Waals surface area contributed by atoms with Crippen LogP contribution in [0.1, 0.15) is 6.92 Å². The van der Waals surface area contributed by atoms with E-state index in [-0.39, 0.29) is 0 Å². The maximum Gasteiger partial charge on any atom is 0.427 e. The Labute approximate surface area is 115 Å². The molecule has 0 heterocycles. The molecule has 2 nitrogen and oxygen atoms in total. The smallest absolute Gasteiger partial charge is 0.427 e. The molecule has 1 aromatic carbocycles. The molecule has 0 bridgehead atoms. The molecule has 0 fully saturated rings. The molecule has 0 radical (unpaired) electrons. The van der Waals surface area contributed by atoms with Crippen LogP contribution in [0.25, 0.3) is 0 Å². The van der Waals surface area contributed by atoms with E-state index >= 15 is 0 Å². The Morgan fingerprint density at radius 3 is 2.33 bits per heavy atom. The Bertz CT molecular complexity index is 397. The number of hydrogen-bond donors (Lipinski definition) is 0. The highest BCUT2D eigenvalue weighted by Gasteiger charge is 2.47. The number of alkyl halides is 4. The van der Waals surface area contributed by atoms with E-state index < -0.39 is 22.4 Å². The van der Waals surface area contributed by atoms with E-state index in [1.54, 1.807) is 30.3 Å². The van der Waals surface area contributed by atoms with Gasteiger partial charge in [-0.25, -0.2) is 0 Å². The van der Waals surface area contributed by atoms with Crippen LogP contribution in [-0.2, 0) is 9.53 Å². The highest BCUT2D eigenvalue weighted by molar-refractivity contribution is 9.11. The van der Waals surface area contributed by atoms with E-state index in [0.29, 0.717) is 4.90 Å². The second-order valence-corrected chi connectivity index (χ2v) is 6.16. The van der Waals surface area contributed by atoms with Crippen molar-refractivity contribution in [1.82, 2.24) is 0 Å². The first-order valence-corrected chi connectivity index (χ1v) is 6.70. The van der Waals surface area contributed by atoms with Crippen LogP contribution in [0.2, 0.25) is 0 Å². The zero-order chi connectivity index (χ0) is 13.8. The van der Waals surface area contributed by atoms with Crippen molar-refractivity contribution in [2.45, 2.75) is 28.3 Å². The molecule has 0 saturated carbocycles. The van der Waals surface area contributed by atoms with Gasteiger partial charge in [-0.2, -0.15) is 13.2 Å². The standard InChI is InChI=1S/C11H10BrF3O2S/c1-7(16)17-9(11(13,14)15)10(12)18-8-5-3-2-4-6-8/h2-6,9-10H,1H3. The van der Waals surface area contributed by atoms with Crippen molar-refractivity contribution in [2.75, 3.05) is 0 Å². The van der Waals surface area contributed by atoms with Gasteiger partial charge >= 0.3 is 12.1 Å². The number of carbonyl (C=O) groups is 1. The first-order valence-electron chi connectivity index (χ1n) is 4.90. The van der Waals surface area contributed by atoms with Crippen molar-refractivity contribution in [3.8, 4) is 0 Å². The molecule has 100 valence electrons. The molecule has 0 aliphatic carbocycles. The van der Waals surface area contributed by atoms with Gasteiger partial charge in [0.2, 0.25) is 6.10 Å². The first-order chi connectivity index (χ1) is 8.30. The summed E-state index contributed by atoms with van der Waals surface area (Å²) in [5.74, 6) is -0.963. The van der Waals surface area contributed by atoms with Gasteiger partial charge in [0.05, 0.1) is 0 Å². The summed E-state index contributed by atoms with van der Waals surface area (Å²) < 4.78 is 41.4. The number of benzene rings is 1. The molecule has 1 rings (SSSR count). The van der Waals surface area contributed by atoms with Crippen LogP contribution in [0, 0.1) is 0 Å². The van der Waals surface area contributed by atoms with Crippen LogP contribution in [0.3, 0.4) is 0 Å². The Balaban J connectivity index is 2.77. The van der Waals surface area contributed by atoms with Gasteiger partial charge < -0.3 is 4.74 Å². The number of rotatable bonds is 4. The molecule has 1 aromatic rings. The third-order valence-electron chi connectivity index (χ3n) is 1.85. The number of ether oxygens (including phenoxy) is 1. The van der Waals surface area contributed by atoms with E-state index in [9.17, 15) is 18.0 Å². The lowest BCUT2D eigenvalue weighted by Gasteiger charge is -2.24. The minimum Gasteiger partial charge on any atom is -0.451 e. The summed E-state index contributed by atoms with van der Waals surface area (Å²) in [4.78, 5) is 11.4. The van der Waals surface area contributed by atoms with Gasteiger partial charge in [-0.15, -0.1) is 11.8 Å². The van der Waals surface area contributed by atoms with Gasteiger partial charge in [0.1, 0.15) is 4.16 Å². The van der Waals surface area contributed by atoms with Gasteiger partial charge in [-0.3, -0.25) is 4.79 Å². The number of carbonyl (C=O) groups excluding carboxylic acids is 1. The molecular formula is C11H10BrF3O2S. The monoisotopic (exact) mass is 342 g/mol. The van der Waals surface area contributed by atoms with Gasteiger partial charge in [-0.1, -0.05) is 34.1 Å². The molecule has 18 heavy (non-hydrogen) atoms. The van der Waals surface area contributed by atoms with Gasteiger partial charge in [0, 0.05) is 11.8 Å². The van der Waals surface area contributed by atoms with E-state index in [2.05, 4.69) is 20.7 Å². The fraction of sp³-hybridized carbons (Fsp3) is 0.364. The fourth-order valence-electron chi connectivity index (χ4n) is 1.14. The van der Waals surface area contributed by atoms with E-state index in [1.165, 1.54) is 0 Å². The molecule has 7 heteroatoms. The second kappa shape index (κ2) is 6.47. The minimum absolute atomic E-state index is 0.653. The zero-order valence-electron chi connectivity index (χ0n) is 9.28. The largest absolute Gasteiger partial charge is 0.451 e. The van der Waals surface area contributed by atoms with Crippen LogP contribution in [0.15, 0.2) is 35.2 Å². The highest BCUT2D eigenvalue weighted by Crippen LogP contribution is 2.37. The third-order valence-corrected chi connectivity index (χ3v) is 3.90. The predicted molar refractivity (Wildman–Crippen MR) is 66.6 cm³/mol. The summed E-state index contributed by atoms with van der Waals surface area (Å²) >= 11 is 3.85. The van der Waals surface area contributed by atoms with E-state index in [4.69, 9.17) is 0 Å². The lowest BCUT2D eigenvalue weighted by molar-refractivity contribution is -0.215. The number of hydrogen-bond acceptors (Lipinski definition) is 3. The fourth-order valence-corrected chi connectivity index (χ4v) is 3.10. The average molecular weight is 343 g/mol. The maximum atomic E-state index is 12.7. The van der Waals surface area contributed by atoms with Crippen molar-refractivity contribution in [3.63, 3.8) is 0 Å². The summed E-state index contributed by atoms with van der Waals surface area (Å²) in [6, 6.07) is 8.56. The maximum absolute atomic E-state index is 12.7. The lowest BCUT2D eigenvalue weighted by atomic mass is 10.4. The highest BCUT2D eigenvalue weighted by atomic mass is 79.9. The molecule has 2 atom stereocenters. The van der Waals surface area contributed by atoms with Crippen LogP contribution in [0.5, 0.6) is 0 Å². The number of halogens is 4. The molecule has 0 aromatic heterocycles. The topological polar surface area (TPSA) is 26.3 Å². The van der Waals surface area contributed by atoms with Gasteiger partial charge in [-0.05, 0) is 12.1 Å². The summed E-state index contributed by atoms with van der Waals surface area (Å²) in [6.07, 6.45) is -6.79. The molecule has 0 spiro atoms. The summed E-state index contributed by atoms with van der Waals surface area (Å²) in [5.41, 5.74) is 0. The van der Waals surface area contributed by atoms with Crippen molar-refractivity contribution in [1.29, 1.82) is 0 Å². The lowest BCUT2D eigenvalue weighted by Crippen LogP contribution is -2.39. The van der Waals surface area contributed by atoms with Crippen LogP contribution in [0.4, 0.5) is 13.2 Å². The first kappa shape index (κ1) is 15.4. The molecule has 0 N–H and O–H groups in total. The van der Waals surface area contributed by atoms with Crippen LogP contribution >= 0.6 is 27.7 Å². The predicted octanol–water partition coefficient (Wildman–Crippen LogP) is 3.99. The summed E-state index contributed by atoms with van der Waals surface area (Å²) in [6.45, 7) is 0.950. The third kappa shape index (κ3) is 4.89. The summed E-state index contributed by atoms with van der Waals surface area (Å²) in [5, 5.41) is 0. The second-order valence-electron chi connectivity index (χ2n) is 3.35.